The predicted octanol–water partition coefficient (Wildman–Crippen LogP) is 0.821. The Labute approximate surface area is 102 Å². The third-order valence-corrected chi connectivity index (χ3v) is 5.24. The molecule has 0 aromatic rings. The van der Waals surface area contributed by atoms with Crippen LogP contribution in [0.3, 0.4) is 0 Å². The van der Waals surface area contributed by atoms with Gasteiger partial charge in [0.15, 0.2) is 0 Å². The van der Waals surface area contributed by atoms with Gasteiger partial charge in [0.2, 0.25) is 10.0 Å². The summed E-state index contributed by atoms with van der Waals surface area (Å²) in [5, 5.41) is 8.58. The van der Waals surface area contributed by atoms with Crippen molar-refractivity contribution in [1.29, 1.82) is 0 Å². The highest BCUT2D eigenvalue weighted by Gasteiger charge is 2.16. The van der Waals surface area contributed by atoms with Crippen molar-refractivity contribution in [2.45, 2.75) is 25.7 Å². The molecule has 16 heavy (non-hydrogen) atoms. The molecule has 0 aromatic heterocycles. The molecule has 1 heterocycles. The number of aliphatic hydroxyl groups excluding tert-OH is 1. The predicted molar refractivity (Wildman–Crippen MR) is 68.2 cm³/mol. The zero-order valence-electron chi connectivity index (χ0n) is 9.52. The number of aliphatic hydroxyl groups is 1. The highest BCUT2D eigenvalue weighted by molar-refractivity contribution is 7.99. The Bertz CT molecular complexity index is 274. The lowest BCUT2D eigenvalue weighted by atomic mass is 10.0. The van der Waals surface area contributed by atoms with Gasteiger partial charge in [-0.05, 0) is 43.1 Å². The summed E-state index contributed by atoms with van der Waals surface area (Å²) in [6.45, 7) is 0.650. The molecule has 0 bridgehead atoms. The number of unbranched alkanes of at least 4 members (excludes halogenated alkanes) is 1. The molecule has 0 spiro atoms. The van der Waals surface area contributed by atoms with Crippen LogP contribution in [0.25, 0.3) is 0 Å². The van der Waals surface area contributed by atoms with Crippen molar-refractivity contribution < 1.29 is 13.5 Å². The number of rotatable bonds is 7. The topological polar surface area (TPSA) is 66.4 Å². The largest absolute Gasteiger partial charge is 0.396 e. The molecule has 0 radical (unpaired) electrons. The number of sulfonamides is 1. The molecule has 0 aromatic carbocycles. The van der Waals surface area contributed by atoms with Crippen LogP contribution in [-0.4, -0.2) is 43.9 Å². The standard InChI is InChI=1S/C10H21NO3S2/c12-5-1-2-8-16(13,14)11-9-10-3-6-15-7-4-10/h10-12H,1-9H2. The summed E-state index contributed by atoms with van der Waals surface area (Å²) in [5.41, 5.74) is 0. The fourth-order valence-electron chi connectivity index (χ4n) is 1.67. The first kappa shape index (κ1) is 14.3. The number of nitrogens with one attached hydrogen (secondary N) is 1. The number of thioether (sulfide) groups is 1. The molecule has 1 fully saturated rings. The van der Waals surface area contributed by atoms with Crippen molar-refractivity contribution in [3.63, 3.8) is 0 Å². The Balaban J connectivity index is 2.18. The van der Waals surface area contributed by atoms with Gasteiger partial charge in [0.25, 0.3) is 0 Å². The average Bonchev–Trinajstić information content (AvgIpc) is 2.28. The van der Waals surface area contributed by atoms with Crippen molar-refractivity contribution in [2.75, 3.05) is 30.4 Å². The van der Waals surface area contributed by atoms with Crippen molar-refractivity contribution in [2.24, 2.45) is 5.92 Å². The molecule has 0 amide bonds. The van der Waals surface area contributed by atoms with Crippen molar-refractivity contribution in [3.8, 4) is 0 Å². The van der Waals surface area contributed by atoms with Crippen LogP contribution in [0.15, 0.2) is 0 Å². The summed E-state index contributed by atoms with van der Waals surface area (Å²) >= 11 is 1.94. The van der Waals surface area contributed by atoms with Crippen LogP contribution in [0, 0.1) is 5.92 Å². The van der Waals surface area contributed by atoms with Crippen LogP contribution in [0.1, 0.15) is 25.7 Å². The molecule has 96 valence electrons. The molecule has 1 rings (SSSR count). The summed E-state index contributed by atoms with van der Waals surface area (Å²) < 4.78 is 25.8. The second-order valence-electron chi connectivity index (χ2n) is 4.15. The molecular weight excluding hydrogens is 246 g/mol. The van der Waals surface area contributed by atoms with E-state index in [1.807, 2.05) is 11.8 Å². The maximum atomic E-state index is 11.6. The molecule has 6 heteroatoms. The molecule has 2 N–H and O–H groups in total. The summed E-state index contributed by atoms with van der Waals surface area (Å²) in [4.78, 5) is 0. The first-order valence-corrected chi connectivity index (χ1v) is 8.60. The number of hydrogen-bond acceptors (Lipinski definition) is 4. The van der Waals surface area contributed by atoms with Gasteiger partial charge in [-0.15, -0.1) is 0 Å². The Morgan fingerprint density at radius 3 is 2.56 bits per heavy atom. The fraction of sp³-hybridized carbons (Fsp3) is 1.00. The van der Waals surface area contributed by atoms with E-state index < -0.39 is 10.0 Å². The second-order valence-corrected chi connectivity index (χ2v) is 7.30. The normalized spacial score (nSPS) is 18.8. The third-order valence-electron chi connectivity index (χ3n) is 2.75. The SMILES string of the molecule is O=S(=O)(CCCCO)NCC1CCSCC1. The first-order chi connectivity index (χ1) is 7.64. The Hall–Kier alpha value is 0.220. The molecule has 4 nitrogen and oxygen atoms in total. The van der Waals surface area contributed by atoms with Gasteiger partial charge < -0.3 is 5.11 Å². The highest BCUT2D eigenvalue weighted by atomic mass is 32.2. The van der Waals surface area contributed by atoms with E-state index in [2.05, 4.69) is 4.72 Å². The van der Waals surface area contributed by atoms with Gasteiger partial charge in [-0.3, -0.25) is 0 Å². The van der Waals surface area contributed by atoms with Gasteiger partial charge in [0.05, 0.1) is 5.75 Å². The lowest BCUT2D eigenvalue weighted by Gasteiger charge is -2.21. The average molecular weight is 267 g/mol. The molecule has 1 aliphatic heterocycles. The Morgan fingerprint density at radius 2 is 1.94 bits per heavy atom. The maximum absolute atomic E-state index is 11.6. The zero-order chi connectivity index (χ0) is 11.9. The van der Waals surface area contributed by atoms with E-state index in [9.17, 15) is 8.42 Å². The molecule has 0 atom stereocenters. The Morgan fingerprint density at radius 1 is 1.25 bits per heavy atom. The minimum absolute atomic E-state index is 0.0648. The van der Waals surface area contributed by atoms with Gasteiger partial charge in [0.1, 0.15) is 0 Å². The molecule has 0 aliphatic carbocycles. The van der Waals surface area contributed by atoms with E-state index in [1.165, 1.54) is 0 Å². The first-order valence-electron chi connectivity index (χ1n) is 5.80. The van der Waals surface area contributed by atoms with E-state index in [0.717, 1.165) is 24.3 Å². The van der Waals surface area contributed by atoms with Gasteiger partial charge in [0, 0.05) is 13.2 Å². The van der Waals surface area contributed by atoms with E-state index in [0.29, 0.717) is 25.3 Å². The lowest BCUT2D eigenvalue weighted by molar-refractivity contribution is 0.287. The summed E-state index contributed by atoms with van der Waals surface area (Å²) in [5.74, 6) is 2.94. The summed E-state index contributed by atoms with van der Waals surface area (Å²) in [7, 11) is -3.12. The van der Waals surface area contributed by atoms with Crippen molar-refractivity contribution in [1.82, 2.24) is 4.72 Å². The molecule has 1 aliphatic rings. The lowest BCUT2D eigenvalue weighted by Crippen LogP contribution is -2.32. The van der Waals surface area contributed by atoms with Crippen LogP contribution in [0.5, 0.6) is 0 Å². The monoisotopic (exact) mass is 267 g/mol. The third kappa shape index (κ3) is 6.08. The molecule has 1 saturated heterocycles. The Kier molecular flexibility index (Phi) is 6.72. The van der Waals surface area contributed by atoms with Crippen LogP contribution < -0.4 is 4.72 Å². The van der Waals surface area contributed by atoms with E-state index in [-0.39, 0.29) is 12.4 Å². The smallest absolute Gasteiger partial charge is 0.211 e. The molecular formula is C10H21NO3S2. The van der Waals surface area contributed by atoms with E-state index in [4.69, 9.17) is 5.11 Å². The van der Waals surface area contributed by atoms with Crippen LogP contribution in [0.4, 0.5) is 0 Å². The van der Waals surface area contributed by atoms with Crippen molar-refractivity contribution in [3.05, 3.63) is 0 Å². The van der Waals surface area contributed by atoms with Crippen LogP contribution in [0.2, 0.25) is 0 Å². The summed E-state index contributed by atoms with van der Waals surface area (Å²) in [6.07, 6.45) is 3.32. The van der Waals surface area contributed by atoms with Crippen LogP contribution in [-0.2, 0) is 10.0 Å². The van der Waals surface area contributed by atoms with Gasteiger partial charge in [-0.2, -0.15) is 11.8 Å². The summed E-state index contributed by atoms with van der Waals surface area (Å²) in [6, 6.07) is 0. The second kappa shape index (κ2) is 7.53. The van der Waals surface area contributed by atoms with E-state index >= 15 is 0 Å². The van der Waals surface area contributed by atoms with Gasteiger partial charge in [-0.1, -0.05) is 0 Å². The molecule has 0 saturated carbocycles. The quantitative estimate of drug-likeness (QED) is 0.670. The number of hydrogen-bond donors (Lipinski definition) is 2. The van der Waals surface area contributed by atoms with Crippen molar-refractivity contribution >= 4 is 21.8 Å². The van der Waals surface area contributed by atoms with Gasteiger partial charge in [-0.25, -0.2) is 13.1 Å². The van der Waals surface area contributed by atoms with Gasteiger partial charge >= 0.3 is 0 Å². The maximum Gasteiger partial charge on any atom is 0.211 e. The van der Waals surface area contributed by atoms with Crippen LogP contribution >= 0.6 is 11.8 Å². The molecule has 0 unspecified atom stereocenters. The minimum atomic E-state index is -3.12. The zero-order valence-corrected chi connectivity index (χ0v) is 11.2. The fourth-order valence-corrected chi connectivity index (χ4v) is 4.09. The van der Waals surface area contributed by atoms with E-state index in [1.54, 1.807) is 0 Å². The minimum Gasteiger partial charge on any atom is -0.396 e. The highest BCUT2D eigenvalue weighted by Crippen LogP contribution is 2.21.